The fourth-order valence-electron chi connectivity index (χ4n) is 0.631. The number of hydrogen-bond donors (Lipinski definition) is 0. The van der Waals surface area contributed by atoms with Gasteiger partial charge in [-0.3, -0.25) is 0 Å². The second-order valence-corrected chi connectivity index (χ2v) is 3.54. The van der Waals surface area contributed by atoms with Crippen LogP contribution >= 0.6 is 0 Å². The van der Waals surface area contributed by atoms with Gasteiger partial charge in [0.25, 0.3) is 0 Å². The van der Waals surface area contributed by atoms with Crippen LogP contribution in [0, 0.1) is 9.89 Å². The fourth-order valence-corrected chi connectivity index (χ4v) is 1.26. The molecule has 0 unspecified atom stereocenters. The van der Waals surface area contributed by atoms with E-state index in [1.54, 1.807) is 0 Å². The predicted molar refractivity (Wildman–Crippen MR) is 44.9 cm³/mol. The summed E-state index contributed by atoms with van der Waals surface area (Å²) in [5.74, 6) is 3.10. The second kappa shape index (κ2) is 4.40. The molecule has 10 heavy (non-hydrogen) atoms. The molecule has 0 radical (unpaired) electrons. The summed E-state index contributed by atoms with van der Waals surface area (Å²) in [5.41, 5.74) is 1.13. The van der Waals surface area contributed by atoms with Crippen LogP contribution in [0.3, 0.4) is 0 Å². The van der Waals surface area contributed by atoms with Crippen molar-refractivity contribution < 1.29 is 0 Å². The van der Waals surface area contributed by atoms with Crippen LogP contribution in [-0.4, -0.2) is 20.9 Å². The van der Waals surface area contributed by atoms with E-state index in [0.717, 1.165) is 5.56 Å². The molecule has 0 bridgehead atoms. The van der Waals surface area contributed by atoms with Crippen molar-refractivity contribution in [2.45, 2.75) is 4.97 Å². The third-order valence-corrected chi connectivity index (χ3v) is 1.95. The molecule has 0 heterocycles. The summed E-state index contributed by atoms with van der Waals surface area (Å²) in [4.78, 5) is 2.18. The molecule has 1 aromatic rings. The molecule has 0 aliphatic heterocycles. The molecule has 0 atom stereocenters. The molecule has 0 aliphatic rings. The van der Waals surface area contributed by atoms with E-state index in [1.165, 1.54) is 0 Å². The number of rotatable bonds is 0. The molecular formula is C9H8Te. The Morgan fingerprint density at radius 3 is 2.50 bits per heavy atom. The molecule has 0 aromatic heterocycles. The van der Waals surface area contributed by atoms with Crippen molar-refractivity contribution in [2.75, 3.05) is 0 Å². The Labute approximate surface area is 71.7 Å². The van der Waals surface area contributed by atoms with Crippen LogP contribution in [0.5, 0.6) is 0 Å². The maximum atomic E-state index is 3.14. The van der Waals surface area contributed by atoms with E-state index < -0.39 is 0 Å². The van der Waals surface area contributed by atoms with Crippen LogP contribution in [0.2, 0.25) is 4.97 Å². The number of hydrogen-bond acceptors (Lipinski definition) is 0. The number of benzene rings is 1. The summed E-state index contributed by atoms with van der Waals surface area (Å²) >= 11 is -0.0259. The van der Waals surface area contributed by atoms with Crippen molar-refractivity contribution in [3.63, 3.8) is 0 Å². The standard InChI is InChI=1S/C9H8Te/c1-10-8-7-9-5-3-2-4-6-9/h2-6H,1H3. The molecule has 0 N–H and O–H groups in total. The van der Waals surface area contributed by atoms with Crippen molar-refractivity contribution in [1.82, 2.24) is 0 Å². The molecule has 0 saturated heterocycles. The Hall–Kier alpha value is -0.430. The van der Waals surface area contributed by atoms with Gasteiger partial charge in [0.05, 0.1) is 0 Å². The van der Waals surface area contributed by atoms with E-state index >= 15 is 0 Å². The van der Waals surface area contributed by atoms with Gasteiger partial charge in [0.2, 0.25) is 0 Å². The maximum absolute atomic E-state index is 3.14. The zero-order chi connectivity index (χ0) is 7.23. The van der Waals surface area contributed by atoms with Crippen LogP contribution in [0.4, 0.5) is 0 Å². The zero-order valence-electron chi connectivity index (χ0n) is 5.79. The topological polar surface area (TPSA) is 0 Å². The van der Waals surface area contributed by atoms with Gasteiger partial charge in [0.1, 0.15) is 0 Å². The SMILES string of the molecule is C[Te]C#Cc1ccccc1. The molecule has 1 heteroatoms. The van der Waals surface area contributed by atoms with E-state index in [2.05, 4.69) is 14.9 Å². The third-order valence-electron chi connectivity index (χ3n) is 1.07. The van der Waals surface area contributed by atoms with Crippen molar-refractivity contribution >= 4 is 20.9 Å². The van der Waals surface area contributed by atoms with Crippen molar-refractivity contribution in [3.8, 4) is 9.89 Å². The van der Waals surface area contributed by atoms with Gasteiger partial charge in [0.15, 0.2) is 0 Å². The minimum absolute atomic E-state index is 0.0259. The van der Waals surface area contributed by atoms with Crippen LogP contribution in [0.15, 0.2) is 30.3 Å². The van der Waals surface area contributed by atoms with Gasteiger partial charge < -0.3 is 0 Å². The second-order valence-electron chi connectivity index (χ2n) is 1.80. The molecule has 0 amide bonds. The first kappa shape index (κ1) is 7.67. The van der Waals surface area contributed by atoms with E-state index in [0.29, 0.717) is 0 Å². The predicted octanol–water partition coefficient (Wildman–Crippen LogP) is 1.75. The first-order valence-corrected chi connectivity index (χ1v) is 6.52. The molecule has 0 fully saturated rings. The van der Waals surface area contributed by atoms with E-state index in [4.69, 9.17) is 0 Å². The quantitative estimate of drug-likeness (QED) is 0.481. The van der Waals surface area contributed by atoms with Gasteiger partial charge in [-0.25, -0.2) is 0 Å². The monoisotopic (exact) mass is 246 g/mol. The van der Waals surface area contributed by atoms with Crippen molar-refractivity contribution in [2.24, 2.45) is 0 Å². The van der Waals surface area contributed by atoms with Crippen molar-refractivity contribution in [1.29, 1.82) is 0 Å². The zero-order valence-corrected chi connectivity index (χ0v) is 8.13. The fraction of sp³-hybridized carbons (Fsp3) is 0.111. The summed E-state index contributed by atoms with van der Waals surface area (Å²) in [6.07, 6.45) is 0. The molecule has 0 saturated carbocycles. The van der Waals surface area contributed by atoms with Crippen LogP contribution in [0.1, 0.15) is 5.56 Å². The van der Waals surface area contributed by atoms with Gasteiger partial charge in [-0.2, -0.15) is 0 Å². The Kier molecular flexibility index (Phi) is 3.37. The summed E-state index contributed by atoms with van der Waals surface area (Å²) in [7, 11) is 0. The first-order valence-electron chi connectivity index (χ1n) is 3.02. The average molecular weight is 244 g/mol. The van der Waals surface area contributed by atoms with Gasteiger partial charge in [-0.05, 0) is 0 Å². The average Bonchev–Trinajstić information content (AvgIpc) is 2.03. The Balaban J connectivity index is 2.76. The van der Waals surface area contributed by atoms with Crippen molar-refractivity contribution in [3.05, 3.63) is 35.9 Å². The van der Waals surface area contributed by atoms with E-state index in [9.17, 15) is 0 Å². The molecular weight excluding hydrogens is 236 g/mol. The van der Waals surface area contributed by atoms with E-state index in [1.807, 2.05) is 30.3 Å². The summed E-state index contributed by atoms with van der Waals surface area (Å²) in [5, 5.41) is 0. The molecule has 50 valence electrons. The van der Waals surface area contributed by atoms with Gasteiger partial charge in [-0.1, -0.05) is 0 Å². The molecule has 1 rings (SSSR count). The third kappa shape index (κ3) is 2.44. The summed E-state index contributed by atoms with van der Waals surface area (Å²) in [6.45, 7) is 0. The molecule has 0 aliphatic carbocycles. The molecule has 0 nitrogen and oxygen atoms in total. The Morgan fingerprint density at radius 2 is 1.90 bits per heavy atom. The minimum atomic E-state index is -0.0259. The van der Waals surface area contributed by atoms with Crippen LogP contribution < -0.4 is 0 Å². The Morgan fingerprint density at radius 1 is 1.20 bits per heavy atom. The van der Waals surface area contributed by atoms with Gasteiger partial charge in [-0.15, -0.1) is 0 Å². The van der Waals surface area contributed by atoms with Gasteiger partial charge in [0, 0.05) is 0 Å². The van der Waals surface area contributed by atoms with Crippen LogP contribution in [-0.2, 0) is 0 Å². The van der Waals surface area contributed by atoms with Gasteiger partial charge >= 0.3 is 71.7 Å². The summed E-state index contributed by atoms with van der Waals surface area (Å²) < 4.78 is 3.14. The first-order chi connectivity index (χ1) is 4.93. The molecule has 1 aromatic carbocycles. The summed E-state index contributed by atoms with van der Waals surface area (Å²) in [6, 6.07) is 10.1. The van der Waals surface area contributed by atoms with E-state index in [-0.39, 0.29) is 20.9 Å². The molecule has 0 spiro atoms. The normalized spacial score (nSPS) is 8.10. The Bertz CT molecular complexity index is 240. The van der Waals surface area contributed by atoms with Crippen LogP contribution in [0.25, 0.3) is 0 Å².